The summed E-state index contributed by atoms with van der Waals surface area (Å²) in [7, 11) is 1.64. The van der Waals surface area contributed by atoms with Gasteiger partial charge in [-0.15, -0.1) is 11.3 Å². The quantitative estimate of drug-likeness (QED) is 0.317. The van der Waals surface area contributed by atoms with E-state index in [2.05, 4.69) is 28.3 Å². The Morgan fingerprint density at radius 1 is 1.25 bits per heavy atom. The molecule has 1 saturated heterocycles. The summed E-state index contributed by atoms with van der Waals surface area (Å²) in [4.78, 5) is 19.7. The monoisotopic (exact) mass is 510 g/mol. The summed E-state index contributed by atoms with van der Waals surface area (Å²) in [5.74, 6) is 0.799. The minimum atomic E-state index is -0.726. The van der Waals surface area contributed by atoms with Crippen molar-refractivity contribution in [1.82, 2.24) is 9.88 Å². The number of carboxylic acid groups (broad SMARTS) is 1. The van der Waals surface area contributed by atoms with Gasteiger partial charge >= 0.3 is 5.97 Å². The molecule has 3 heterocycles. The highest BCUT2D eigenvalue weighted by Gasteiger charge is 2.30. The van der Waals surface area contributed by atoms with Crippen LogP contribution in [-0.4, -0.2) is 52.8 Å². The van der Waals surface area contributed by atoms with Gasteiger partial charge in [0.05, 0.1) is 18.7 Å². The number of aryl methyl sites for hydroxylation is 2. The minimum Gasteiger partial charge on any atom is -0.497 e. The first-order chi connectivity index (χ1) is 17.4. The van der Waals surface area contributed by atoms with Crippen molar-refractivity contribution in [3.8, 4) is 5.75 Å². The number of fused-ring (bicyclic) bond motifs is 1. The number of methoxy groups -OCH3 is 1. The van der Waals surface area contributed by atoms with Crippen molar-refractivity contribution in [2.24, 2.45) is 11.8 Å². The van der Waals surface area contributed by atoms with Gasteiger partial charge in [-0.05, 0) is 117 Å². The van der Waals surface area contributed by atoms with Crippen molar-refractivity contribution in [2.45, 2.75) is 58.0 Å². The highest BCUT2D eigenvalue weighted by Crippen LogP contribution is 2.35. The van der Waals surface area contributed by atoms with Crippen LogP contribution in [0.5, 0.6) is 5.75 Å². The number of carboxylic acids is 1. The fourth-order valence-electron chi connectivity index (χ4n) is 5.59. The van der Waals surface area contributed by atoms with Crippen LogP contribution in [0.15, 0.2) is 41.9 Å². The van der Waals surface area contributed by atoms with Gasteiger partial charge in [-0.3, -0.25) is 9.78 Å². The van der Waals surface area contributed by atoms with E-state index in [4.69, 9.17) is 4.74 Å². The van der Waals surface area contributed by atoms with Crippen LogP contribution in [0, 0.1) is 18.8 Å². The number of rotatable bonds is 12. The summed E-state index contributed by atoms with van der Waals surface area (Å²) in [6, 6.07) is 9.82. The van der Waals surface area contributed by atoms with E-state index in [1.807, 2.05) is 35.6 Å². The van der Waals surface area contributed by atoms with Gasteiger partial charge in [0, 0.05) is 29.4 Å². The molecule has 0 bridgehead atoms. The number of aliphatic hydroxyl groups is 1. The third-order valence-electron chi connectivity index (χ3n) is 7.70. The number of aliphatic carboxylic acids is 1. The lowest BCUT2D eigenvalue weighted by Gasteiger charge is -2.39. The van der Waals surface area contributed by atoms with E-state index in [1.165, 1.54) is 10.4 Å². The molecule has 1 aliphatic heterocycles. The first-order valence-corrected chi connectivity index (χ1v) is 13.9. The number of pyridine rings is 1. The fraction of sp³-hybridized carbons (Fsp3) is 0.517. The normalized spacial score (nSPS) is 19.4. The predicted octanol–water partition coefficient (Wildman–Crippen LogP) is 5.86. The molecule has 0 unspecified atom stereocenters. The second-order valence-corrected chi connectivity index (χ2v) is 11.0. The molecule has 1 aromatic carbocycles. The molecule has 0 spiro atoms. The maximum Gasteiger partial charge on any atom is 0.303 e. The zero-order chi connectivity index (χ0) is 25.5. The van der Waals surface area contributed by atoms with E-state index >= 15 is 0 Å². The second kappa shape index (κ2) is 12.7. The SMILES string of the molecule is COc1ccc2nccc([C@H](O)CC[C@@H]3CCN(CCCc4sccc4C)C[C@H]3CCC(=O)O)c2c1. The molecule has 3 atom stereocenters. The Kier molecular flexibility index (Phi) is 9.35. The molecule has 3 aromatic rings. The Bertz CT molecular complexity index is 1150. The van der Waals surface area contributed by atoms with Crippen LogP contribution in [-0.2, 0) is 11.2 Å². The first-order valence-electron chi connectivity index (χ1n) is 13.0. The number of ether oxygens (including phenoxy) is 1. The van der Waals surface area contributed by atoms with Crippen molar-refractivity contribution >= 4 is 28.2 Å². The number of aliphatic hydroxyl groups excluding tert-OH is 1. The lowest BCUT2D eigenvalue weighted by Crippen LogP contribution is -2.41. The number of nitrogens with zero attached hydrogens (tertiary/aromatic N) is 2. The van der Waals surface area contributed by atoms with Gasteiger partial charge in [0.15, 0.2) is 0 Å². The van der Waals surface area contributed by atoms with Crippen LogP contribution in [0.25, 0.3) is 10.9 Å². The number of hydrogen-bond acceptors (Lipinski definition) is 6. The number of carbonyl (C=O) groups is 1. The number of aromatic nitrogens is 1. The van der Waals surface area contributed by atoms with E-state index in [0.29, 0.717) is 24.7 Å². The van der Waals surface area contributed by atoms with Gasteiger partial charge in [-0.2, -0.15) is 0 Å². The van der Waals surface area contributed by atoms with Crippen molar-refractivity contribution < 1.29 is 19.7 Å². The van der Waals surface area contributed by atoms with Crippen molar-refractivity contribution in [1.29, 1.82) is 0 Å². The minimum absolute atomic E-state index is 0.209. The van der Waals surface area contributed by atoms with Crippen LogP contribution in [0.4, 0.5) is 0 Å². The van der Waals surface area contributed by atoms with Crippen LogP contribution >= 0.6 is 11.3 Å². The Morgan fingerprint density at radius 3 is 2.86 bits per heavy atom. The van der Waals surface area contributed by atoms with Gasteiger partial charge in [0.25, 0.3) is 0 Å². The number of benzene rings is 1. The van der Waals surface area contributed by atoms with E-state index in [0.717, 1.165) is 67.5 Å². The molecular formula is C29H38N2O4S. The van der Waals surface area contributed by atoms with Crippen molar-refractivity contribution in [3.63, 3.8) is 0 Å². The van der Waals surface area contributed by atoms with E-state index in [-0.39, 0.29) is 6.42 Å². The van der Waals surface area contributed by atoms with Crippen molar-refractivity contribution in [3.05, 3.63) is 57.9 Å². The largest absolute Gasteiger partial charge is 0.497 e. The average Bonchev–Trinajstić information content (AvgIpc) is 3.30. The molecule has 0 amide bonds. The van der Waals surface area contributed by atoms with Gasteiger partial charge in [0.1, 0.15) is 5.75 Å². The van der Waals surface area contributed by atoms with Crippen LogP contribution in [0.1, 0.15) is 60.6 Å². The topological polar surface area (TPSA) is 82.9 Å². The fourth-order valence-corrected chi connectivity index (χ4v) is 6.54. The number of piperidine rings is 1. The number of thiophene rings is 1. The summed E-state index contributed by atoms with van der Waals surface area (Å²) in [6.45, 7) is 5.23. The lowest BCUT2D eigenvalue weighted by atomic mass is 9.79. The zero-order valence-corrected chi connectivity index (χ0v) is 22.2. The molecule has 6 nitrogen and oxygen atoms in total. The molecule has 1 fully saturated rings. The summed E-state index contributed by atoms with van der Waals surface area (Å²) in [6.07, 6.45) is 6.92. The standard InChI is InChI=1S/C29H38N2O4S/c1-20-13-17-36-28(20)4-3-15-31-16-12-21(22(19-31)6-10-29(33)34)5-9-27(32)24-11-14-30-26-8-7-23(35-2)18-25(24)26/h7-8,11,13-14,17-18,21-22,27,32H,3-6,9-10,12,15-16,19H2,1-2H3,(H,33,34)/t21-,22-,27-/m1/s1. The van der Waals surface area contributed by atoms with E-state index in [1.54, 1.807) is 13.3 Å². The molecule has 194 valence electrons. The highest BCUT2D eigenvalue weighted by molar-refractivity contribution is 7.10. The van der Waals surface area contributed by atoms with Gasteiger partial charge in [0.2, 0.25) is 0 Å². The molecular weight excluding hydrogens is 472 g/mol. The molecule has 0 radical (unpaired) electrons. The molecule has 7 heteroatoms. The van der Waals surface area contributed by atoms with E-state index < -0.39 is 12.1 Å². The first kappa shape index (κ1) is 26.6. The van der Waals surface area contributed by atoms with Crippen LogP contribution < -0.4 is 4.74 Å². The third-order valence-corrected chi connectivity index (χ3v) is 8.79. The van der Waals surface area contributed by atoms with Gasteiger partial charge in [-0.25, -0.2) is 0 Å². The summed E-state index contributed by atoms with van der Waals surface area (Å²) < 4.78 is 5.38. The van der Waals surface area contributed by atoms with Gasteiger partial charge < -0.3 is 19.8 Å². The summed E-state index contributed by atoms with van der Waals surface area (Å²) in [5.41, 5.74) is 3.11. The van der Waals surface area contributed by atoms with E-state index in [9.17, 15) is 15.0 Å². The summed E-state index contributed by atoms with van der Waals surface area (Å²) >= 11 is 1.84. The lowest BCUT2D eigenvalue weighted by molar-refractivity contribution is -0.137. The predicted molar refractivity (Wildman–Crippen MR) is 145 cm³/mol. The van der Waals surface area contributed by atoms with Crippen molar-refractivity contribution in [2.75, 3.05) is 26.7 Å². The maximum absolute atomic E-state index is 11.3. The molecule has 2 N–H and O–H groups in total. The molecule has 0 saturated carbocycles. The zero-order valence-electron chi connectivity index (χ0n) is 21.4. The maximum atomic E-state index is 11.3. The van der Waals surface area contributed by atoms with Gasteiger partial charge in [-0.1, -0.05) is 0 Å². The molecule has 36 heavy (non-hydrogen) atoms. The Morgan fingerprint density at radius 2 is 2.11 bits per heavy atom. The molecule has 1 aliphatic rings. The Labute approximate surface area is 217 Å². The highest BCUT2D eigenvalue weighted by atomic mass is 32.1. The number of hydrogen-bond donors (Lipinski definition) is 2. The van der Waals surface area contributed by atoms with Crippen LogP contribution in [0.2, 0.25) is 0 Å². The molecule has 2 aromatic heterocycles. The molecule has 4 rings (SSSR count). The van der Waals surface area contributed by atoms with Crippen LogP contribution in [0.3, 0.4) is 0 Å². The second-order valence-electron chi connectivity index (χ2n) is 10.0. The summed E-state index contributed by atoms with van der Waals surface area (Å²) in [5, 5.41) is 23.5. The average molecular weight is 511 g/mol. The smallest absolute Gasteiger partial charge is 0.303 e. The number of likely N-dealkylation sites (tertiary alicyclic amines) is 1. The Hall–Kier alpha value is -2.48. The third kappa shape index (κ3) is 6.84. The Balaban J connectivity index is 1.36. The molecule has 0 aliphatic carbocycles.